The Morgan fingerprint density at radius 2 is 1.13 bits per heavy atom. The van der Waals surface area contributed by atoms with Crippen molar-refractivity contribution in [2.75, 3.05) is 0 Å². The van der Waals surface area contributed by atoms with Gasteiger partial charge < -0.3 is 4.79 Å². The largest absolute Gasteiger partial charge is 0.303 e. The molecule has 0 aromatic carbocycles. The second-order valence-electron chi connectivity index (χ2n) is 4.14. The summed E-state index contributed by atoms with van der Waals surface area (Å²) in [5, 5.41) is 0. The van der Waals surface area contributed by atoms with E-state index in [1.807, 2.05) is 0 Å². The number of unbranched alkanes of at least 4 members (excludes halogenated alkanes) is 10. The summed E-state index contributed by atoms with van der Waals surface area (Å²) >= 11 is 0. The van der Waals surface area contributed by atoms with Crippen LogP contribution in [0.5, 0.6) is 0 Å². The van der Waals surface area contributed by atoms with Crippen LogP contribution in [0.25, 0.3) is 0 Å². The van der Waals surface area contributed by atoms with E-state index in [4.69, 9.17) is 0 Å². The van der Waals surface area contributed by atoms with Crippen molar-refractivity contribution in [2.24, 2.45) is 0 Å². The first-order valence-electron chi connectivity index (χ1n) is 6.35. The van der Waals surface area contributed by atoms with Crippen LogP contribution in [0.2, 0.25) is 0 Å². The number of hydrogen-bond acceptors (Lipinski definition) is 1. The normalized spacial score (nSPS) is 9.67. The summed E-state index contributed by atoms with van der Waals surface area (Å²) in [5.74, 6) is 0. The van der Waals surface area contributed by atoms with Crippen LogP contribution in [0.4, 0.5) is 0 Å². The molecule has 0 spiro atoms. The van der Waals surface area contributed by atoms with Crippen LogP contribution in [-0.2, 0) is 21.6 Å². The van der Waals surface area contributed by atoms with Gasteiger partial charge in [0.15, 0.2) is 0 Å². The van der Waals surface area contributed by atoms with Gasteiger partial charge in [-0.25, -0.2) is 0 Å². The zero-order chi connectivity index (χ0) is 10.5. The predicted octanol–water partition coefficient (Wildman–Crippen LogP) is 4.49. The monoisotopic (exact) mass is 257 g/mol. The van der Waals surface area contributed by atoms with Gasteiger partial charge in [-0.1, -0.05) is 64.7 Å². The topological polar surface area (TPSA) is 17.1 Å². The van der Waals surface area contributed by atoms with Gasteiger partial charge in [0.05, 0.1) is 0 Å². The zero-order valence-corrected chi connectivity index (χ0v) is 11.1. The molecule has 15 heavy (non-hydrogen) atoms. The molecule has 0 atom stereocenters. The molecule has 0 aromatic heterocycles. The molecule has 0 aliphatic carbocycles. The summed E-state index contributed by atoms with van der Waals surface area (Å²) in [6.07, 6.45) is 15.2. The van der Waals surface area contributed by atoms with Crippen LogP contribution in [0, 0.1) is 0 Å². The molecule has 0 bridgehead atoms. The second kappa shape index (κ2) is 16.6. The van der Waals surface area contributed by atoms with E-state index in [1.165, 1.54) is 57.8 Å². The van der Waals surface area contributed by atoms with E-state index in [1.54, 1.807) is 0 Å². The Kier molecular flexibility index (Phi) is 19.4. The fraction of sp³-hybridized carbons (Fsp3) is 0.923. The molecule has 2 heteroatoms. The van der Waals surface area contributed by atoms with Gasteiger partial charge in [-0.15, -0.1) is 0 Å². The molecule has 0 fully saturated rings. The molecule has 0 unspecified atom stereocenters. The molecule has 0 saturated carbocycles. The summed E-state index contributed by atoms with van der Waals surface area (Å²) in [5.41, 5.74) is 0. The molecule has 0 rings (SSSR count). The van der Waals surface area contributed by atoms with Crippen molar-refractivity contribution in [3.05, 3.63) is 0 Å². The first-order chi connectivity index (χ1) is 6.91. The van der Waals surface area contributed by atoms with Gasteiger partial charge in [0.2, 0.25) is 0 Å². The molecule has 0 N–H and O–H groups in total. The van der Waals surface area contributed by atoms with E-state index >= 15 is 0 Å². The van der Waals surface area contributed by atoms with E-state index in [-0.39, 0.29) is 16.8 Å². The maximum Gasteiger partial charge on any atom is 0.119 e. The van der Waals surface area contributed by atoms with Crippen molar-refractivity contribution in [3.8, 4) is 0 Å². The fourth-order valence-corrected chi connectivity index (χ4v) is 1.72. The predicted molar refractivity (Wildman–Crippen MR) is 62.5 cm³/mol. The number of carbonyl (C=O) groups is 1. The van der Waals surface area contributed by atoms with E-state index in [0.717, 1.165) is 19.1 Å². The van der Waals surface area contributed by atoms with E-state index < -0.39 is 0 Å². The van der Waals surface area contributed by atoms with Crippen molar-refractivity contribution in [1.29, 1.82) is 0 Å². The standard InChI is InChI=1S/C13H26O.Co/c1-2-3-4-5-6-7-8-9-10-11-12-13-14;/h13H,2-12H2,1H3;. The third-order valence-electron chi connectivity index (χ3n) is 2.68. The van der Waals surface area contributed by atoms with Gasteiger partial charge in [-0.05, 0) is 6.42 Å². The van der Waals surface area contributed by atoms with Crippen molar-refractivity contribution in [3.63, 3.8) is 0 Å². The molecule has 0 aromatic rings. The van der Waals surface area contributed by atoms with E-state index in [2.05, 4.69) is 6.92 Å². The van der Waals surface area contributed by atoms with E-state index in [9.17, 15) is 4.79 Å². The van der Waals surface area contributed by atoms with Crippen LogP contribution in [0.15, 0.2) is 0 Å². The number of hydrogen-bond donors (Lipinski definition) is 0. The van der Waals surface area contributed by atoms with Crippen LogP contribution < -0.4 is 0 Å². The third kappa shape index (κ3) is 16.8. The van der Waals surface area contributed by atoms with Gasteiger partial charge in [-0.2, -0.15) is 0 Å². The number of aldehydes is 1. The smallest absolute Gasteiger partial charge is 0.119 e. The molecule has 0 aliphatic rings. The Morgan fingerprint density at radius 3 is 1.53 bits per heavy atom. The SMILES string of the molecule is CCCCCCCCCCCCC=O.[Co]. The van der Waals surface area contributed by atoms with Crippen molar-refractivity contribution >= 4 is 6.29 Å². The Hall–Kier alpha value is 0.176. The van der Waals surface area contributed by atoms with Gasteiger partial charge in [0.25, 0.3) is 0 Å². The van der Waals surface area contributed by atoms with Crippen molar-refractivity contribution < 1.29 is 21.6 Å². The van der Waals surface area contributed by atoms with Gasteiger partial charge >= 0.3 is 0 Å². The second-order valence-corrected chi connectivity index (χ2v) is 4.14. The van der Waals surface area contributed by atoms with Crippen LogP contribution in [-0.4, -0.2) is 6.29 Å². The maximum atomic E-state index is 10.0. The number of carbonyl (C=O) groups excluding carboxylic acids is 1. The van der Waals surface area contributed by atoms with Crippen molar-refractivity contribution in [2.45, 2.75) is 77.6 Å². The van der Waals surface area contributed by atoms with Crippen LogP contribution in [0.1, 0.15) is 77.6 Å². The molecule has 1 nitrogen and oxygen atoms in total. The fourth-order valence-electron chi connectivity index (χ4n) is 1.72. The van der Waals surface area contributed by atoms with Crippen molar-refractivity contribution in [1.82, 2.24) is 0 Å². The van der Waals surface area contributed by atoms with E-state index in [0.29, 0.717) is 0 Å². The summed E-state index contributed by atoms with van der Waals surface area (Å²) < 4.78 is 0. The Bertz CT molecular complexity index is 115. The first kappa shape index (κ1) is 17.6. The maximum absolute atomic E-state index is 10.0. The first-order valence-corrected chi connectivity index (χ1v) is 6.35. The van der Waals surface area contributed by atoms with Crippen LogP contribution >= 0.6 is 0 Å². The Morgan fingerprint density at radius 1 is 0.733 bits per heavy atom. The molecule has 0 saturated heterocycles. The molecule has 93 valence electrons. The summed E-state index contributed by atoms with van der Waals surface area (Å²) in [7, 11) is 0. The zero-order valence-electron chi connectivity index (χ0n) is 10.1. The average molecular weight is 257 g/mol. The minimum Gasteiger partial charge on any atom is -0.303 e. The molecular formula is C13H26CoO. The quantitative estimate of drug-likeness (QED) is 0.393. The third-order valence-corrected chi connectivity index (χ3v) is 2.68. The Labute approximate surface area is 106 Å². The molecule has 0 heterocycles. The average Bonchev–Trinajstić information content (AvgIpc) is 2.21. The summed E-state index contributed by atoms with van der Waals surface area (Å²) in [4.78, 5) is 10.0. The molecule has 0 amide bonds. The van der Waals surface area contributed by atoms with Gasteiger partial charge in [-0.3, -0.25) is 0 Å². The minimum atomic E-state index is 0. The Balaban J connectivity index is 0. The summed E-state index contributed by atoms with van der Waals surface area (Å²) in [6, 6.07) is 0. The van der Waals surface area contributed by atoms with Gasteiger partial charge in [0, 0.05) is 23.2 Å². The molecule has 1 radical (unpaired) electrons. The molecular weight excluding hydrogens is 231 g/mol. The van der Waals surface area contributed by atoms with Gasteiger partial charge in [0.1, 0.15) is 6.29 Å². The van der Waals surface area contributed by atoms with Crippen LogP contribution in [0.3, 0.4) is 0 Å². The number of rotatable bonds is 11. The summed E-state index contributed by atoms with van der Waals surface area (Å²) in [6.45, 7) is 2.26. The molecule has 0 aliphatic heterocycles. The minimum absolute atomic E-state index is 0.